The van der Waals surface area contributed by atoms with Crippen LogP contribution in [0.25, 0.3) is 10.9 Å². The van der Waals surface area contributed by atoms with Gasteiger partial charge in [-0.3, -0.25) is 10.2 Å². The van der Waals surface area contributed by atoms with Crippen molar-refractivity contribution in [2.45, 2.75) is 18.9 Å². The summed E-state index contributed by atoms with van der Waals surface area (Å²) in [4.78, 5) is 23.5. The number of rotatable bonds is 6. The Labute approximate surface area is 138 Å². The lowest BCUT2D eigenvalue weighted by Gasteiger charge is -2.06. The molecule has 130 valence electrons. The van der Waals surface area contributed by atoms with Gasteiger partial charge in [-0.1, -0.05) is 18.2 Å². The number of carboxylic acids is 2. The van der Waals surface area contributed by atoms with Gasteiger partial charge < -0.3 is 32.0 Å². The number of hydrogen-bond acceptors (Lipinski definition) is 4. The number of carboxylic acid groups (broad SMARTS) is 2. The summed E-state index contributed by atoms with van der Waals surface area (Å²) in [6.45, 7) is 0.482. The lowest BCUT2D eigenvalue weighted by Crippen LogP contribution is -2.34. The van der Waals surface area contributed by atoms with Crippen molar-refractivity contribution >= 4 is 28.8 Å². The summed E-state index contributed by atoms with van der Waals surface area (Å²) in [5.41, 5.74) is 11.3. The number of fused-ring (bicyclic) bond motifs is 1. The molecule has 1 aromatic carbocycles. The maximum Gasteiger partial charge on any atom is 0.352 e. The first kappa shape index (κ1) is 19.0. The summed E-state index contributed by atoms with van der Waals surface area (Å²) in [6, 6.07) is 8.27. The average molecular weight is 335 g/mol. The summed E-state index contributed by atoms with van der Waals surface area (Å²) < 4.78 is 0. The van der Waals surface area contributed by atoms with Crippen LogP contribution < -0.4 is 16.8 Å². The highest BCUT2D eigenvalue weighted by Crippen LogP contribution is 2.14. The average Bonchev–Trinajstić information content (AvgIpc) is 2.96. The van der Waals surface area contributed by atoms with Gasteiger partial charge in [0.2, 0.25) is 0 Å². The van der Waals surface area contributed by atoms with Crippen LogP contribution in [0.3, 0.4) is 0 Å². The van der Waals surface area contributed by atoms with E-state index < -0.39 is 18.0 Å². The molecule has 0 aliphatic rings. The molecule has 0 saturated carbocycles. The van der Waals surface area contributed by atoms with E-state index in [-0.39, 0.29) is 11.7 Å². The number of para-hydroxylation sites is 1. The molecule has 9 heteroatoms. The molecule has 0 spiro atoms. The van der Waals surface area contributed by atoms with Gasteiger partial charge in [0.1, 0.15) is 11.7 Å². The first-order valence-corrected chi connectivity index (χ1v) is 7.18. The quantitative estimate of drug-likeness (QED) is 0.228. The van der Waals surface area contributed by atoms with Gasteiger partial charge in [-0.15, -0.1) is 0 Å². The van der Waals surface area contributed by atoms with Gasteiger partial charge in [0, 0.05) is 17.4 Å². The summed E-state index contributed by atoms with van der Waals surface area (Å²) in [6.07, 6.45) is 0.975. The number of nitrogens with two attached hydrogens (primary N) is 2. The predicted molar refractivity (Wildman–Crippen MR) is 90.0 cm³/mol. The van der Waals surface area contributed by atoms with Gasteiger partial charge in [-0.2, -0.15) is 0 Å². The summed E-state index contributed by atoms with van der Waals surface area (Å²) >= 11 is 0. The molecule has 0 radical (unpaired) electrons. The molecule has 0 fully saturated rings. The van der Waals surface area contributed by atoms with Gasteiger partial charge in [0.25, 0.3) is 0 Å². The predicted octanol–water partition coefficient (Wildman–Crippen LogP) is 0.528. The Hall–Kier alpha value is -3.07. The molecule has 2 aromatic rings. The summed E-state index contributed by atoms with van der Waals surface area (Å²) in [5.74, 6) is -2.04. The Morgan fingerprint density at radius 1 is 1.29 bits per heavy atom. The Bertz CT molecular complexity index is 680. The molecule has 1 heterocycles. The van der Waals surface area contributed by atoms with Crippen LogP contribution in [0.4, 0.5) is 0 Å². The van der Waals surface area contributed by atoms with Gasteiger partial charge in [0.05, 0.1) is 0 Å². The number of H-pyrrole nitrogens is 1. The second-order valence-corrected chi connectivity index (χ2v) is 5.00. The Balaban J connectivity index is 0.000000240. The van der Waals surface area contributed by atoms with Gasteiger partial charge in [-0.05, 0) is 25.0 Å². The molecule has 2 rings (SSSR count). The molecule has 9 N–H and O–H groups in total. The maximum absolute atomic E-state index is 10.5. The number of hydrogen-bond donors (Lipinski definition) is 7. The van der Waals surface area contributed by atoms with Crippen molar-refractivity contribution in [3.8, 4) is 0 Å². The number of aromatic carboxylic acids is 1. The van der Waals surface area contributed by atoms with Crippen LogP contribution in [0.2, 0.25) is 0 Å². The van der Waals surface area contributed by atoms with E-state index in [9.17, 15) is 9.59 Å². The Morgan fingerprint density at radius 3 is 2.50 bits per heavy atom. The lowest BCUT2D eigenvalue weighted by atomic mass is 10.2. The van der Waals surface area contributed by atoms with Crippen LogP contribution in [-0.2, 0) is 4.79 Å². The van der Waals surface area contributed by atoms with Crippen molar-refractivity contribution < 1.29 is 19.8 Å². The van der Waals surface area contributed by atoms with Crippen molar-refractivity contribution in [2.75, 3.05) is 6.54 Å². The van der Waals surface area contributed by atoms with Crippen molar-refractivity contribution in [2.24, 2.45) is 11.5 Å². The summed E-state index contributed by atoms with van der Waals surface area (Å²) in [7, 11) is 0. The van der Waals surface area contributed by atoms with E-state index in [0.717, 1.165) is 10.9 Å². The Morgan fingerprint density at radius 2 is 1.96 bits per heavy atom. The molecule has 1 atom stereocenters. The van der Waals surface area contributed by atoms with E-state index in [0.29, 0.717) is 19.4 Å². The summed E-state index contributed by atoms with van der Waals surface area (Å²) in [5, 5.41) is 27.3. The van der Waals surface area contributed by atoms with E-state index in [2.05, 4.69) is 10.3 Å². The number of aromatic nitrogens is 1. The molecular weight excluding hydrogens is 314 g/mol. The topological polar surface area (TPSA) is 178 Å². The maximum atomic E-state index is 10.5. The van der Waals surface area contributed by atoms with E-state index >= 15 is 0 Å². The van der Waals surface area contributed by atoms with Gasteiger partial charge in [-0.25, -0.2) is 4.79 Å². The zero-order valence-corrected chi connectivity index (χ0v) is 13.0. The Kier molecular flexibility index (Phi) is 7.24. The lowest BCUT2D eigenvalue weighted by molar-refractivity contribution is -0.138. The van der Waals surface area contributed by atoms with Crippen LogP contribution in [0, 0.1) is 5.41 Å². The first-order valence-electron chi connectivity index (χ1n) is 7.18. The monoisotopic (exact) mass is 335 g/mol. The normalized spacial score (nSPS) is 11.2. The zero-order chi connectivity index (χ0) is 18.1. The van der Waals surface area contributed by atoms with Crippen LogP contribution in [0.15, 0.2) is 30.3 Å². The second kappa shape index (κ2) is 9.16. The van der Waals surface area contributed by atoms with Crippen molar-refractivity contribution in [1.82, 2.24) is 10.3 Å². The van der Waals surface area contributed by atoms with Crippen molar-refractivity contribution in [1.29, 1.82) is 5.41 Å². The number of benzene rings is 1. The minimum Gasteiger partial charge on any atom is -0.480 e. The third-order valence-electron chi connectivity index (χ3n) is 3.08. The third-order valence-corrected chi connectivity index (χ3v) is 3.08. The van der Waals surface area contributed by atoms with Crippen molar-refractivity contribution in [3.63, 3.8) is 0 Å². The molecule has 0 amide bonds. The van der Waals surface area contributed by atoms with Crippen LogP contribution in [-0.4, -0.2) is 45.7 Å². The van der Waals surface area contributed by atoms with Crippen LogP contribution in [0.1, 0.15) is 23.3 Å². The molecule has 24 heavy (non-hydrogen) atoms. The van der Waals surface area contributed by atoms with Crippen LogP contribution in [0.5, 0.6) is 0 Å². The molecule has 1 unspecified atom stereocenters. The second-order valence-electron chi connectivity index (χ2n) is 5.00. The van der Waals surface area contributed by atoms with E-state index in [1.165, 1.54) is 0 Å². The minimum atomic E-state index is -1.00. The first-order chi connectivity index (χ1) is 11.3. The number of carbonyl (C=O) groups is 2. The molecule has 9 nitrogen and oxygen atoms in total. The molecule has 0 bridgehead atoms. The van der Waals surface area contributed by atoms with E-state index in [4.69, 9.17) is 27.1 Å². The van der Waals surface area contributed by atoms with E-state index in [1.54, 1.807) is 6.07 Å². The number of aromatic amines is 1. The highest BCUT2D eigenvalue weighted by atomic mass is 16.4. The number of guanidine groups is 1. The highest BCUT2D eigenvalue weighted by Gasteiger charge is 2.09. The number of nitrogens with one attached hydrogen (secondary N) is 3. The fraction of sp³-hybridized carbons (Fsp3) is 0.267. The molecule has 1 aromatic heterocycles. The number of aliphatic carboxylic acids is 1. The largest absolute Gasteiger partial charge is 0.480 e. The fourth-order valence-corrected chi connectivity index (χ4v) is 1.86. The smallest absolute Gasteiger partial charge is 0.352 e. The molecule has 0 aliphatic heterocycles. The highest BCUT2D eigenvalue weighted by molar-refractivity contribution is 5.93. The zero-order valence-electron chi connectivity index (χ0n) is 13.0. The van der Waals surface area contributed by atoms with Crippen molar-refractivity contribution in [3.05, 3.63) is 36.0 Å². The van der Waals surface area contributed by atoms with Gasteiger partial charge in [0.15, 0.2) is 5.96 Å². The fourth-order valence-electron chi connectivity index (χ4n) is 1.86. The SMILES string of the molecule is N=C(N)NCCCC(N)C(=O)O.O=C(O)c1cc2ccccc2[nH]1. The molecule has 0 saturated heterocycles. The molecule has 0 aliphatic carbocycles. The van der Waals surface area contributed by atoms with Gasteiger partial charge >= 0.3 is 11.9 Å². The minimum absolute atomic E-state index is 0.112. The van der Waals surface area contributed by atoms with E-state index in [1.807, 2.05) is 24.3 Å². The van der Waals surface area contributed by atoms with Crippen LogP contribution >= 0.6 is 0 Å². The third kappa shape index (κ3) is 6.36. The molecular formula is C15H21N5O4. The standard InChI is InChI=1S/C9H7NO2.C6H14N4O2/c11-9(12)8-5-6-3-1-2-4-7(6)10-8;7-4(5(11)12)2-1-3-10-6(8)9/h1-5,10H,(H,11,12);4H,1-3,7H2,(H,11,12)(H4,8,9,10).